The molecule has 1 amide bonds. The number of amides is 1. The van der Waals surface area contributed by atoms with Crippen molar-refractivity contribution in [3.63, 3.8) is 0 Å². The van der Waals surface area contributed by atoms with Crippen molar-refractivity contribution in [2.75, 3.05) is 12.4 Å². The van der Waals surface area contributed by atoms with E-state index >= 15 is 0 Å². The van der Waals surface area contributed by atoms with Crippen LogP contribution in [0.3, 0.4) is 0 Å². The van der Waals surface area contributed by atoms with Gasteiger partial charge >= 0.3 is 0 Å². The molecule has 2 heterocycles. The number of nitrogens with one attached hydrogen (secondary N) is 1. The molecule has 0 spiro atoms. The van der Waals surface area contributed by atoms with Crippen molar-refractivity contribution in [3.8, 4) is 23.0 Å². The van der Waals surface area contributed by atoms with Crippen molar-refractivity contribution < 1.29 is 9.53 Å². The van der Waals surface area contributed by atoms with Crippen LogP contribution in [0.4, 0.5) is 5.69 Å². The average molecular weight is 464 g/mol. The fraction of sp³-hybridized carbons (Fsp3) is 0.167. The highest BCUT2D eigenvalue weighted by atomic mass is 35.5. The molecule has 0 fully saturated rings. The summed E-state index contributed by atoms with van der Waals surface area (Å²) in [5, 5.41) is 7.67. The second-order valence-electron chi connectivity index (χ2n) is 7.46. The standard InChI is InChI=1S/C24H22ClN5O3/c1-15-11-16(2)30(28-15)24-27-19(17-7-5-4-6-8-17)13-23(32)29(24)14-22(31)26-20-12-18(25)9-10-21(20)33-3/h4-13H,14H2,1-3H3,(H,26,31). The van der Waals surface area contributed by atoms with Crippen LogP contribution < -0.4 is 15.6 Å². The maximum absolute atomic E-state index is 13.1. The zero-order valence-electron chi connectivity index (χ0n) is 18.4. The van der Waals surface area contributed by atoms with Gasteiger partial charge in [-0.25, -0.2) is 9.67 Å². The van der Waals surface area contributed by atoms with E-state index in [1.165, 1.54) is 17.7 Å². The van der Waals surface area contributed by atoms with Crippen LogP contribution >= 0.6 is 11.6 Å². The van der Waals surface area contributed by atoms with Crippen LogP contribution in [0.1, 0.15) is 11.4 Å². The summed E-state index contributed by atoms with van der Waals surface area (Å²) in [5.41, 5.74) is 2.87. The summed E-state index contributed by atoms with van der Waals surface area (Å²) in [6.45, 7) is 3.44. The number of rotatable bonds is 6. The van der Waals surface area contributed by atoms with Crippen molar-refractivity contribution in [1.82, 2.24) is 19.3 Å². The van der Waals surface area contributed by atoms with Gasteiger partial charge in [-0.1, -0.05) is 41.9 Å². The van der Waals surface area contributed by atoms with Gasteiger partial charge in [0.2, 0.25) is 11.9 Å². The van der Waals surface area contributed by atoms with Gasteiger partial charge in [-0.3, -0.25) is 14.2 Å². The zero-order valence-corrected chi connectivity index (χ0v) is 19.1. The lowest BCUT2D eigenvalue weighted by molar-refractivity contribution is -0.116. The predicted molar refractivity (Wildman–Crippen MR) is 127 cm³/mol. The lowest BCUT2D eigenvalue weighted by atomic mass is 10.1. The molecule has 0 aliphatic rings. The van der Waals surface area contributed by atoms with Gasteiger partial charge in [-0.2, -0.15) is 5.10 Å². The summed E-state index contributed by atoms with van der Waals surface area (Å²) in [5.74, 6) is 0.270. The van der Waals surface area contributed by atoms with Crippen LogP contribution in [0.5, 0.6) is 5.75 Å². The Morgan fingerprint density at radius 2 is 1.85 bits per heavy atom. The maximum Gasteiger partial charge on any atom is 0.256 e. The molecule has 2 aromatic heterocycles. The SMILES string of the molecule is COc1ccc(Cl)cc1NC(=O)Cn1c(-n2nc(C)cc2C)nc(-c2ccccc2)cc1=O. The van der Waals surface area contributed by atoms with E-state index in [1.54, 1.807) is 22.9 Å². The Hall–Kier alpha value is -3.91. The number of methoxy groups -OCH3 is 1. The smallest absolute Gasteiger partial charge is 0.256 e. The highest BCUT2D eigenvalue weighted by Crippen LogP contribution is 2.27. The highest BCUT2D eigenvalue weighted by Gasteiger charge is 2.18. The molecular formula is C24H22ClN5O3. The topological polar surface area (TPSA) is 91.0 Å². The number of halogens is 1. The number of benzene rings is 2. The third-order valence-electron chi connectivity index (χ3n) is 4.99. The summed E-state index contributed by atoms with van der Waals surface area (Å²) >= 11 is 6.06. The molecule has 0 bridgehead atoms. The van der Waals surface area contributed by atoms with Crippen LogP contribution in [0.25, 0.3) is 17.2 Å². The molecule has 0 atom stereocenters. The number of hydrogen-bond acceptors (Lipinski definition) is 5. The first kappa shape index (κ1) is 22.3. The Bertz CT molecular complexity index is 1380. The molecule has 0 aliphatic heterocycles. The lowest BCUT2D eigenvalue weighted by Crippen LogP contribution is -2.31. The summed E-state index contributed by atoms with van der Waals surface area (Å²) in [6, 6.07) is 17.6. The Labute approximate surface area is 195 Å². The van der Waals surface area contributed by atoms with E-state index in [9.17, 15) is 9.59 Å². The fourth-order valence-corrected chi connectivity index (χ4v) is 3.68. The van der Waals surface area contributed by atoms with E-state index in [-0.39, 0.29) is 18.1 Å². The molecule has 0 radical (unpaired) electrons. The number of anilines is 1. The van der Waals surface area contributed by atoms with Gasteiger partial charge in [-0.05, 0) is 38.1 Å². The first-order valence-corrected chi connectivity index (χ1v) is 10.6. The quantitative estimate of drug-likeness (QED) is 0.466. The molecule has 168 valence electrons. The number of carbonyl (C=O) groups is 1. The molecule has 0 saturated heterocycles. The van der Waals surface area contributed by atoms with Gasteiger partial charge in [0.05, 0.1) is 24.2 Å². The van der Waals surface area contributed by atoms with E-state index in [0.717, 1.165) is 17.0 Å². The molecule has 0 unspecified atom stereocenters. The summed E-state index contributed by atoms with van der Waals surface area (Å²) < 4.78 is 8.14. The van der Waals surface area contributed by atoms with Gasteiger partial charge in [0.1, 0.15) is 12.3 Å². The second-order valence-corrected chi connectivity index (χ2v) is 7.90. The van der Waals surface area contributed by atoms with Crippen LogP contribution in [0, 0.1) is 13.8 Å². The summed E-state index contributed by atoms with van der Waals surface area (Å²) in [6.07, 6.45) is 0. The van der Waals surface area contributed by atoms with Gasteiger partial charge < -0.3 is 10.1 Å². The third kappa shape index (κ3) is 4.80. The molecule has 9 heteroatoms. The van der Waals surface area contributed by atoms with Crippen molar-refractivity contribution in [1.29, 1.82) is 0 Å². The minimum absolute atomic E-state index is 0.250. The zero-order chi connectivity index (χ0) is 23.5. The van der Waals surface area contributed by atoms with E-state index in [2.05, 4.69) is 10.4 Å². The van der Waals surface area contributed by atoms with Gasteiger partial charge in [0.25, 0.3) is 5.56 Å². The summed E-state index contributed by atoms with van der Waals surface area (Å²) in [7, 11) is 1.50. The Morgan fingerprint density at radius 3 is 2.52 bits per heavy atom. The molecule has 8 nitrogen and oxygen atoms in total. The van der Waals surface area contributed by atoms with Crippen molar-refractivity contribution in [3.05, 3.63) is 87.4 Å². The number of carbonyl (C=O) groups excluding carboxylic acids is 1. The normalized spacial score (nSPS) is 10.8. The number of nitrogens with zero attached hydrogens (tertiary/aromatic N) is 4. The molecule has 33 heavy (non-hydrogen) atoms. The van der Waals surface area contributed by atoms with Crippen LogP contribution in [-0.2, 0) is 11.3 Å². The Morgan fingerprint density at radius 1 is 1.09 bits per heavy atom. The molecule has 2 aromatic carbocycles. The Kier molecular flexibility index (Phi) is 6.28. The van der Waals surface area contributed by atoms with Gasteiger partial charge in [-0.15, -0.1) is 0 Å². The molecule has 1 N–H and O–H groups in total. The predicted octanol–water partition coefficient (Wildman–Crippen LogP) is 4.01. The molecule has 0 aliphatic carbocycles. The maximum atomic E-state index is 13.1. The monoisotopic (exact) mass is 463 g/mol. The molecular weight excluding hydrogens is 442 g/mol. The first-order chi connectivity index (χ1) is 15.9. The number of aromatic nitrogens is 4. The van der Waals surface area contributed by atoms with Crippen LogP contribution in [0.2, 0.25) is 5.02 Å². The van der Waals surface area contributed by atoms with Crippen molar-refractivity contribution in [2.45, 2.75) is 20.4 Å². The number of hydrogen-bond donors (Lipinski definition) is 1. The van der Waals surface area contributed by atoms with Crippen molar-refractivity contribution >= 4 is 23.2 Å². The van der Waals surface area contributed by atoms with Crippen LogP contribution in [-0.4, -0.2) is 32.3 Å². The third-order valence-corrected chi connectivity index (χ3v) is 5.23. The van der Waals surface area contributed by atoms with E-state index < -0.39 is 5.91 Å². The summed E-state index contributed by atoms with van der Waals surface area (Å²) in [4.78, 5) is 30.8. The van der Waals surface area contributed by atoms with Crippen LogP contribution in [0.15, 0.2) is 65.5 Å². The molecule has 0 saturated carbocycles. The van der Waals surface area contributed by atoms with E-state index in [1.807, 2.05) is 50.2 Å². The number of aryl methyl sites for hydroxylation is 2. The van der Waals surface area contributed by atoms with E-state index in [0.29, 0.717) is 22.2 Å². The minimum Gasteiger partial charge on any atom is -0.495 e. The average Bonchev–Trinajstić information content (AvgIpc) is 3.13. The Balaban J connectivity index is 1.76. The molecule has 4 aromatic rings. The first-order valence-electron chi connectivity index (χ1n) is 10.2. The molecule has 4 rings (SSSR count). The van der Waals surface area contributed by atoms with E-state index in [4.69, 9.17) is 21.3 Å². The van der Waals surface area contributed by atoms with Gasteiger partial charge in [0, 0.05) is 22.3 Å². The second kappa shape index (κ2) is 9.30. The largest absolute Gasteiger partial charge is 0.495 e. The lowest BCUT2D eigenvalue weighted by Gasteiger charge is -2.15. The van der Waals surface area contributed by atoms with Gasteiger partial charge in [0.15, 0.2) is 0 Å². The minimum atomic E-state index is -0.435. The van der Waals surface area contributed by atoms with Crippen molar-refractivity contribution in [2.24, 2.45) is 0 Å². The highest BCUT2D eigenvalue weighted by molar-refractivity contribution is 6.31. The fourth-order valence-electron chi connectivity index (χ4n) is 3.50. The number of ether oxygens (including phenoxy) is 1.